The van der Waals surface area contributed by atoms with Crippen molar-refractivity contribution in [3.63, 3.8) is 0 Å². The van der Waals surface area contributed by atoms with Crippen molar-refractivity contribution in [1.82, 2.24) is 9.80 Å². The second-order valence-corrected chi connectivity index (χ2v) is 7.97. The molecule has 30 heavy (non-hydrogen) atoms. The molecule has 6 nitrogen and oxygen atoms in total. The number of anilines is 1. The normalized spacial score (nSPS) is 19.2. The monoisotopic (exact) mass is 407 g/mol. The molecule has 2 aromatic carbocycles. The SMILES string of the molecule is CC(=O)N1CCc2ccccc2C1CC(=O)Nc1ccccc1CN1CCOCC1. The topological polar surface area (TPSA) is 61.9 Å². The largest absolute Gasteiger partial charge is 0.379 e. The lowest BCUT2D eigenvalue weighted by molar-refractivity contribution is -0.132. The lowest BCUT2D eigenvalue weighted by atomic mass is 9.90. The number of hydrogen-bond donors (Lipinski definition) is 1. The van der Waals surface area contributed by atoms with Gasteiger partial charge in [-0.25, -0.2) is 0 Å². The molecular weight excluding hydrogens is 378 g/mol. The second kappa shape index (κ2) is 9.41. The maximum absolute atomic E-state index is 13.0. The first kappa shape index (κ1) is 20.6. The molecule has 0 bridgehead atoms. The number of ether oxygens (including phenoxy) is 1. The number of amides is 2. The molecule has 1 N–H and O–H groups in total. The van der Waals surface area contributed by atoms with Crippen LogP contribution in [0.4, 0.5) is 5.69 Å². The molecular formula is C24H29N3O3. The number of benzene rings is 2. The molecule has 2 amide bonds. The Balaban J connectivity index is 1.48. The maximum atomic E-state index is 13.0. The molecule has 1 saturated heterocycles. The molecule has 0 aromatic heterocycles. The van der Waals surface area contributed by atoms with Crippen molar-refractivity contribution < 1.29 is 14.3 Å². The number of hydrogen-bond acceptors (Lipinski definition) is 4. The van der Waals surface area contributed by atoms with Crippen LogP contribution in [0.1, 0.15) is 36.1 Å². The van der Waals surface area contributed by atoms with Crippen LogP contribution < -0.4 is 5.32 Å². The van der Waals surface area contributed by atoms with Gasteiger partial charge in [-0.05, 0) is 29.2 Å². The molecule has 2 aliphatic rings. The smallest absolute Gasteiger partial charge is 0.226 e. The summed E-state index contributed by atoms with van der Waals surface area (Å²) in [5, 5.41) is 3.10. The van der Waals surface area contributed by atoms with Gasteiger partial charge < -0.3 is 15.0 Å². The Hall–Kier alpha value is -2.70. The van der Waals surface area contributed by atoms with Crippen molar-refractivity contribution in [2.45, 2.75) is 32.4 Å². The fourth-order valence-electron chi connectivity index (χ4n) is 4.41. The maximum Gasteiger partial charge on any atom is 0.226 e. The first-order valence-corrected chi connectivity index (χ1v) is 10.6. The molecule has 0 radical (unpaired) electrons. The summed E-state index contributed by atoms with van der Waals surface area (Å²) in [6.07, 6.45) is 1.08. The van der Waals surface area contributed by atoms with Crippen molar-refractivity contribution in [2.75, 3.05) is 38.2 Å². The van der Waals surface area contributed by atoms with Crippen LogP contribution in [0, 0.1) is 0 Å². The van der Waals surface area contributed by atoms with Gasteiger partial charge in [0.15, 0.2) is 0 Å². The van der Waals surface area contributed by atoms with Gasteiger partial charge in [-0.2, -0.15) is 0 Å². The van der Waals surface area contributed by atoms with E-state index in [1.807, 2.05) is 41.3 Å². The zero-order valence-electron chi connectivity index (χ0n) is 17.5. The summed E-state index contributed by atoms with van der Waals surface area (Å²) in [5.74, 6) is -0.0626. The molecule has 2 aromatic rings. The summed E-state index contributed by atoms with van der Waals surface area (Å²) in [5.41, 5.74) is 4.24. The van der Waals surface area contributed by atoms with Gasteiger partial charge >= 0.3 is 0 Å². The Morgan fingerprint density at radius 3 is 2.57 bits per heavy atom. The Bertz CT molecular complexity index is 908. The number of para-hydroxylation sites is 1. The molecule has 1 unspecified atom stereocenters. The molecule has 1 fully saturated rings. The van der Waals surface area contributed by atoms with Gasteiger partial charge in [0, 0.05) is 38.8 Å². The number of nitrogens with one attached hydrogen (secondary N) is 1. The highest BCUT2D eigenvalue weighted by atomic mass is 16.5. The first-order valence-electron chi connectivity index (χ1n) is 10.6. The van der Waals surface area contributed by atoms with Crippen LogP contribution in [0.2, 0.25) is 0 Å². The minimum Gasteiger partial charge on any atom is -0.379 e. The van der Waals surface area contributed by atoms with E-state index in [9.17, 15) is 9.59 Å². The van der Waals surface area contributed by atoms with Crippen molar-refractivity contribution in [2.24, 2.45) is 0 Å². The van der Waals surface area contributed by atoms with Crippen LogP contribution in [0.25, 0.3) is 0 Å². The second-order valence-electron chi connectivity index (χ2n) is 7.97. The van der Waals surface area contributed by atoms with Crippen LogP contribution in [0.3, 0.4) is 0 Å². The standard InChI is InChI=1S/C24H29N3O3/c1-18(28)27-11-10-19-6-2-4-8-21(19)23(27)16-24(29)25-22-9-5-3-7-20(22)17-26-12-14-30-15-13-26/h2-9,23H,10-17H2,1H3,(H,25,29). The molecule has 2 aliphatic heterocycles. The van der Waals surface area contributed by atoms with Crippen molar-refractivity contribution in [3.05, 3.63) is 65.2 Å². The van der Waals surface area contributed by atoms with Crippen LogP contribution >= 0.6 is 0 Å². The Kier molecular flexibility index (Phi) is 6.45. The predicted molar refractivity (Wildman–Crippen MR) is 116 cm³/mol. The summed E-state index contributed by atoms with van der Waals surface area (Å²) in [6, 6.07) is 15.8. The molecule has 0 aliphatic carbocycles. The van der Waals surface area contributed by atoms with Crippen LogP contribution in [0.15, 0.2) is 48.5 Å². The number of morpholine rings is 1. The molecule has 6 heteroatoms. The fraction of sp³-hybridized carbons (Fsp3) is 0.417. The summed E-state index contributed by atoms with van der Waals surface area (Å²) in [6.45, 7) is 6.30. The highest BCUT2D eigenvalue weighted by molar-refractivity contribution is 5.92. The van der Waals surface area contributed by atoms with Gasteiger partial charge in [0.05, 0.1) is 25.7 Å². The van der Waals surface area contributed by atoms with E-state index in [4.69, 9.17) is 4.74 Å². The van der Waals surface area contributed by atoms with E-state index >= 15 is 0 Å². The van der Waals surface area contributed by atoms with E-state index in [2.05, 4.69) is 22.3 Å². The van der Waals surface area contributed by atoms with E-state index in [0.717, 1.165) is 56.1 Å². The number of carbonyl (C=O) groups excluding carboxylic acids is 2. The third kappa shape index (κ3) is 4.71. The molecule has 2 heterocycles. The first-order chi connectivity index (χ1) is 14.6. The van der Waals surface area contributed by atoms with Crippen LogP contribution in [-0.2, 0) is 27.3 Å². The van der Waals surface area contributed by atoms with E-state index in [1.54, 1.807) is 6.92 Å². The minimum atomic E-state index is -0.223. The Labute approximate surface area is 177 Å². The lowest BCUT2D eigenvalue weighted by Gasteiger charge is -2.36. The van der Waals surface area contributed by atoms with E-state index in [1.165, 1.54) is 5.56 Å². The zero-order chi connectivity index (χ0) is 20.9. The minimum absolute atomic E-state index is 0.00928. The van der Waals surface area contributed by atoms with Gasteiger partial charge in [0.25, 0.3) is 0 Å². The fourth-order valence-corrected chi connectivity index (χ4v) is 4.41. The van der Waals surface area contributed by atoms with Gasteiger partial charge in [-0.1, -0.05) is 42.5 Å². The Morgan fingerprint density at radius 1 is 1.03 bits per heavy atom. The molecule has 0 spiro atoms. The van der Waals surface area contributed by atoms with Crippen molar-refractivity contribution in [1.29, 1.82) is 0 Å². The summed E-state index contributed by atoms with van der Waals surface area (Å²) < 4.78 is 5.43. The third-order valence-electron chi connectivity index (χ3n) is 5.98. The Morgan fingerprint density at radius 2 is 1.77 bits per heavy atom. The third-order valence-corrected chi connectivity index (χ3v) is 5.98. The van der Waals surface area contributed by atoms with Gasteiger partial charge in [-0.3, -0.25) is 14.5 Å². The number of carbonyl (C=O) groups is 2. The average molecular weight is 408 g/mol. The van der Waals surface area contributed by atoms with Crippen LogP contribution in [-0.4, -0.2) is 54.5 Å². The predicted octanol–water partition coefficient (Wildman–Crippen LogP) is 2.99. The van der Waals surface area contributed by atoms with Crippen molar-refractivity contribution >= 4 is 17.5 Å². The summed E-state index contributed by atoms with van der Waals surface area (Å²) in [7, 11) is 0. The van der Waals surface area contributed by atoms with Gasteiger partial charge in [-0.15, -0.1) is 0 Å². The summed E-state index contributed by atoms with van der Waals surface area (Å²) in [4.78, 5) is 29.4. The highest BCUT2D eigenvalue weighted by Gasteiger charge is 2.30. The van der Waals surface area contributed by atoms with Crippen LogP contribution in [0.5, 0.6) is 0 Å². The quantitative estimate of drug-likeness (QED) is 0.828. The lowest BCUT2D eigenvalue weighted by Crippen LogP contribution is -2.40. The number of fused-ring (bicyclic) bond motifs is 1. The number of rotatable bonds is 5. The molecule has 1 atom stereocenters. The van der Waals surface area contributed by atoms with Gasteiger partial charge in [0.1, 0.15) is 0 Å². The average Bonchev–Trinajstić information content (AvgIpc) is 2.76. The van der Waals surface area contributed by atoms with Crippen molar-refractivity contribution in [3.8, 4) is 0 Å². The zero-order valence-corrected chi connectivity index (χ0v) is 17.5. The van der Waals surface area contributed by atoms with E-state index < -0.39 is 0 Å². The molecule has 0 saturated carbocycles. The van der Waals surface area contributed by atoms with Gasteiger partial charge in [0.2, 0.25) is 11.8 Å². The molecule has 158 valence electrons. The number of nitrogens with zero attached hydrogens (tertiary/aromatic N) is 2. The van der Waals surface area contributed by atoms with E-state index in [0.29, 0.717) is 6.54 Å². The molecule has 4 rings (SSSR count). The highest BCUT2D eigenvalue weighted by Crippen LogP contribution is 2.32. The summed E-state index contributed by atoms with van der Waals surface area (Å²) >= 11 is 0. The van der Waals surface area contributed by atoms with E-state index in [-0.39, 0.29) is 24.3 Å².